The number of aryl methyl sites for hydroxylation is 4. The molecule has 2 aromatic heterocycles. The minimum absolute atomic E-state index is 0.171. The van der Waals surface area contributed by atoms with Crippen LogP contribution in [0.2, 0.25) is 0 Å². The predicted octanol–water partition coefficient (Wildman–Crippen LogP) is 11.0. The van der Waals surface area contributed by atoms with E-state index in [9.17, 15) is 0 Å². The van der Waals surface area contributed by atoms with Crippen LogP contribution in [0.3, 0.4) is 0 Å². The molecule has 0 aliphatic carbocycles. The van der Waals surface area contributed by atoms with Crippen LogP contribution in [0.4, 0.5) is 0 Å². The van der Waals surface area contributed by atoms with Crippen molar-refractivity contribution in [2.45, 2.75) is 85.8 Å². The second-order valence-corrected chi connectivity index (χ2v) is 15.4. The third-order valence-corrected chi connectivity index (χ3v) is 11.7. The number of hydrogen-bond acceptors (Lipinski definition) is 4. The maximum absolute atomic E-state index is 6.93. The van der Waals surface area contributed by atoms with Crippen LogP contribution in [0.15, 0.2) is 90.1 Å². The van der Waals surface area contributed by atoms with Crippen LogP contribution in [0, 0.1) is 33.6 Å². The third-order valence-electron chi connectivity index (χ3n) is 11.7. The van der Waals surface area contributed by atoms with E-state index < -0.39 is 11.1 Å². The Kier molecular flexibility index (Phi) is 6.75. The van der Waals surface area contributed by atoms with Crippen LogP contribution < -0.4 is 4.74 Å². The molecule has 0 unspecified atom stereocenters. The van der Waals surface area contributed by atoms with Gasteiger partial charge in [-0.05, 0) is 99.5 Å². The smallest absolute Gasteiger partial charge is 0.218 e. The zero-order valence-electron chi connectivity index (χ0n) is 30.3. The Balaban J connectivity index is 1.26. The molecule has 4 heterocycles. The van der Waals surface area contributed by atoms with Gasteiger partial charge in [0, 0.05) is 39.6 Å². The normalized spacial score (nSPS) is 20.8. The van der Waals surface area contributed by atoms with Gasteiger partial charge in [0.15, 0.2) is 5.60 Å². The molecule has 8 rings (SSSR count). The molecule has 0 saturated heterocycles. The molecule has 0 radical (unpaired) electrons. The fraction of sp³-hybridized carbons (Fsp3) is 0.318. The number of aromatic nitrogens is 2. The second-order valence-electron chi connectivity index (χ2n) is 15.4. The molecule has 0 saturated carbocycles. The molecular formula is C44H45N3O2. The Hall–Kier alpha value is -4.90. The van der Waals surface area contributed by atoms with Crippen molar-refractivity contribution in [2.24, 2.45) is 10.9 Å². The van der Waals surface area contributed by atoms with Crippen molar-refractivity contribution in [1.29, 1.82) is 0 Å². The number of rotatable bonds is 5. The lowest BCUT2D eigenvalue weighted by molar-refractivity contribution is 0.00855. The summed E-state index contributed by atoms with van der Waals surface area (Å²) in [7, 11) is 0. The predicted molar refractivity (Wildman–Crippen MR) is 201 cm³/mol. The second kappa shape index (κ2) is 10.5. The minimum Gasteiger partial charge on any atom is -0.464 e. The maximum Gasteiger partial charge on any atom is 0.218 e. The van der Waals surface area contributed by atoms with Crippen LogP contribution in [-0.2, 0) is 15.8 Å². The Morgan fingerprint density at radius 1 is 0.735 bits per heavy atom. The number of ether oxygens (including phenoxy) is 2. The summed E-state index contributed by atoms with van der Waals surface area (Å²) in [6.07, 6.45) is 1.90. The summed E-state index contributed by atoms with van der Waals surface area (Å²) in [6, 6.07) is 28.2. The third kappa shape index (κ3) is 4.37. The average molecular weight is 648 g/mol. The zero-order chi connectivity index (χ0) is 34.6. The molecule has 49 heavy (non-hydrogen) atoms. The monoisotopic (exact) mass is 647 g/mol. The van der Waals surface area contributed by atoms with Crippen LogP contribution in [0.1, 0.15) is 86.1 Å². The first-order valence-electron chi connectivity index (χ1n) is 17.4. The van der Waals surface area contributed by atoms with Crippen LogP contribution >= 0.6 is 0 Å². The largest absolute Gasteiger partial charge is 0.464 e. The van der Waals surface area contributed by atoms with E-state index in [0.29, 0.717) is 5.90 Å². The lowest BCUT2D eigenvalue weighted by Crippen LogP contribution is -2.47. The molecule has 0 spiro atoms. The van der Waals surface area contributed by atoms with Gasteiger partial charge in [0.1, 0.15) is 22.9 Å². The van der Waals surface area contributed by atoms with E-state index in [2.05, 4.69) is 141 Å². The molecule has 2 atom stereocenters. The van der Waals surface area contributed by atoms with Crippen LogP contribution in [-0.4, -0.2) is 21.0 Å². The highest BCUT2D eigenvalue weighted by atomic mass is 16.5. The Labute approximate surface area is 289 Å². The highest BCUT2D eigenvalue weighted by Gasteiger charge is 2.55. The van der Waals surface area contributed by atoms with Gasteiger partial charge in [0.25, 0.3) is 0 Å². The molecule has 0 N–H and O–H groups in total. The highest BCUT2D eigenvalue weighted by molar-refractivity contribution is 6.12. The molecule has 2 aliphatic rings. The van der Waals surface area contributed by atoms with Crippen molar-refractivity contribution >= 4 is 27.7 Å². The molecular weight excluding hydrogens is 603 g/mol. The van der Waals surface area contributed by atoms with Crippen LogP contribution in [0.25, 0.3) is 27.6 Å². The SMILES string of the molecule is Cc1cc2c3c(c1)c1cc(C)c(Oc4cc(C5=N[C@](C)(C(C)C)[C@@](C)(c6ccccc6)O5)c(C)cc4C)cc1n3-c1ncccc1C2(C)C. The van der Waals surface area contributed by atoms with Crippen molar-refractivity contribution < 1.29 is 9.47 Å². The number of aliphatic imine (C=N–C) groups is 1. The first-order chi connectivity index (χ1) is 23.2. The summed E-state index contributed by atoms with van der Waals surface area (Å²) >= 11 is 0. The first-order valence-corrected chi connectivity index (χ1v) is 17.4. The molecule has 6 aromatic rings. The van der Waals surface area contributed by atoms with Crippen molar-refractivity contribution in [1.82, 2.24) is 9.55 Å². The number of benzene rings is 4. The van der Waals surface area contributed by atoms with Gasteiger partial charge in [-0.15, -0.1) is 0 Å². The Bertz CT molecular complexity index is 2360. The van der Waals surface area contributed by atoms with Gasteiger partial charge in [0.05, 0.1) is 11.0 Å². The van der Waals surface area contributed by atoms with Gasteiger partial charge in [-0.3, -0.25) is 4.57 Å². The molecule has 0 fully saturated rings. The molecule has 248 valence electrons. The van der Waals surface area contributed by atoms with Gasteiger partial charge >= 0.3 is 0 Å². The highest BCUT2D eigenvalue weighted by Crippen LogP contribution is 2.50. The minimum atomic E-state index is -0.619. The van der Waals surface area contributed by atoms with E-state index in [1.54, 1.807) is 0 Å². The van der Waals surface area contributed by atoms with E-state index in [0.717, 1.165) is 50.7 Å². The van der Waals surface area contributed by atoms with E-state index in [-0.39, 0.29) is 11.3 Å². The van der Waals surface area contributed by atoms with Gasteiger partial charge in [-0.2, -0.15) is 0 Å². The summed E-state index contributed by atoms with van der Waals surface area (Å²) in [5.74, 6) is 3.51. The number of fused-ring (bicyclic) bond motifs is 5. The van der Waals surface area contributed by atoms with Crippen molar-refractivity contribution in [3.8, 4) is 17.3 Å². The molecule has 5 heteroatoms. The molecule has 0 amide bonds. The summed E-state index contributed by atoms with van der Waals surface area (Å²) in [6.45, 7) is 22.0. The molecule has 0 bridgehead atoms. The fourth-order valence-electron chi connectivity index (χ4n) is 8.27. The van der Waals surface area contributed by atoms with E-state index >= 15 is 0 Å². The van der Waals surface area contributed by atoms with Gasteiger partial charge in [0.2, 0.25) is 5.90 Å². The molecule has 4 aromatic carbocycles. The van der Waals surface area contributed by atoms with Gasteiger partial charge in [-0.1, -0.05) is 81.8 Å². The summed E-state index contributed by atoms with van der Waals surface area (Å²) in [5, 5.41) is 2.46. The molecule has 2 aliphatic heterocycles. The van der Waals surface area contributed by atoms with E-state index in [1.165, 1.54) is 33.0 Å². The van der Waals surface area contributed by atoms with Crippen molar-refractivity contribution in [2.75, 3.05) is 0 Å². The fourth-order valence-corrected chi connectivity index (χ4v) is 8.27. The standard InChI is InChI=1S/C44H45N3O2/c1-25(2)43(9)44(10,30-15-12-11-13-16-30)49-41(46-43)31-23-37(28(5)21-27(31)4)48-38-24-36-32(22-29(38)6)33-19-26(3)20-35-39(33)47(36)40-34(42(35,7)8)17-14-18-45-40/h11-25H,1-10H3/t43-,44-/m1/s1. The summed E-state index contributed by atoms with van der Waals surface area (Å²) < 4.78 is 16.2. The lowest BCUT2D eigenvalue weighted by Gasteiger charge is -2.40. The Morgan fingerprint density at radius 2 is 1.45 bits per heavy atom. The maximum atomic E-state index is 6.93. The van der Waals surface area contributed by atoms with Crippen LogP contribution in [0.5, 0.6) is 11.5 Å². The number of nitrogens with zero attached hydrogens (tertiary/aromatic N) is 3. The quantitative estimate of drug-likeness (QED) is 0.187. The van der Waals surface area contributed by atoms with Crippen molar-refractivity contribution in [3.05, 3.63) is 130 Å². The summed E-state index contributed by atoms with van der Waals surface area (Å²) in [4.78, 5) is 10.3. The first kappa shape index (κ1) is 31.4. The van der Waals surface area contributed by atoms with Gasteiger partial charge in [-0.25, -0.2) is 9.98 Å². The molecule has 5 nitrogen and oxygen atoms in total. The average Bonchev–Trinajstić information content (AvgIpc) is 3.53. The van der Waals surface area contributed by atoms with E-state index in [1.807, 2.05) is 18.3 Å². The van der Waals surface area contributed by atoms with Crippen molar-refractivity contribution in [3.63, 3.8) is 0 Å². The number of pyridine rings is 1. The number of hydrogen-bond donors (Lipinski definition) is 0. The topological polar surface area (TPSA) is 48.6 Å². The van der Waals surface area contributed by atoms with E-state index in [4.69, 9.17) is 19.5 Å². The Morgan fingerprint density at radius 3 is 2.18 bits per heavy atom. The zero-order valence-corrected chi connectivity index (χ0v) is 30.3. The lowest BCUT2D eigenvalue weighted by atomic mass is 9.72. The summed E-state index contributed by atoms with van der Waals surface area (Å²) in [5.41, 5.74) is 10.2. The van der Waals surface area contributed by atoms with Gasteiger partial charge < -0.3 is 9.47 Å².